The second-order valence-corrected chi connectivity index (χ2v) is 7.81. The highest BCUT2D eigenvalue weighted by Gasteiger charge is 2.45. The molecule has 0 radical (unpaired) electrons. The van der Waals surface area contributed by atoms with Gasteiger partial charge < -0.3 is 5.32 Å². The maximum atomic E-state index is 12.2. The number of rotatable bonds is 5. The topological polar surface area (TPSA) is 58.2 Å². The fraction of sp³-hybridized carbons (Fsp3) is 0.333. The van der Waals surface area contributed by atoms with Crippen molar-refractivity contribution in [1.29, 1.82) is 0 Å². The van der Waals surface area contributed by atoms with Crippen molar-refractivity contribution in [3.63, 3.8) is 0 Å². The van der Waals surface area contributed by atoms with E-state index in [9.17, 15) is 8.42 Å². The van der Waals surface area contributed by atoms with E-state index < -0.39 is 15.6 Å². The van der Waals surface area contributed by atoms with Crippen LogP contribution in [0.3, 0.4) is 0 Å². The van der Waals surface area contributed by atoms with Crippen LogP contribution in [-0.4, -0.2) is 27.3 Å². The molecule has 2 N–H and O–H groups in total. The lowest BCUT2D eigenvalue weighted by atomic mass is 9.77. The smallest absolute Gasteiger partial charge is 0.209 e. The van der Waals surface area contributed by atoms with E-state index in [1.165, 1.54) is 6.26 Å². The van der Waals surface area contributed by atoms with Crippen molar-refractivity contribution < 1.29 is 8.42 Å². The molecule has 0 aromatic heterocycles. The van der Waals surface area contributed by atoms with Gasteiger partial charge in [-0.2, -0.15) is 4.72 Å². The Hall–Kier alpha value is -1.69. The maximum Gasteiger partial charge on any atom is 0.209 e. The lowest BCUT2D eigenvalue weighted by molar-refractivity contribution is 0.352. The summed E-state index contributed by atoms with van der Waals surface area (Å²) in [6.45, 7) is 0.900. The molecule has 2 aromatic rings. The molecule has 0 amide bonds. The van der Waals surface area contributed by atoms with Gasteiger partial charge in [0.25, 0.3) is 0 Å². The highest BCUT2D eigenvalue weighted by molar-refractivity contribution is 7.88. The van der Waals surface area contributed by atoms with Crippen LogP contribution in [0.1, 0.15) is 24.0 Å². The summed E-state index contributed by atoms with van der Waals surface area (Å²) >= 11 is 0. The maximum absolute atomic E-state index is 12.2. The summed E-state index contributed by atoms with van der Waals surface area (Å²) in [4.78, 5) is 0. The SMILES string of the molecule is CS(=O)(=O)NC(c1ccccc1)(c1ccccc1)[C@@H]1CCCN1. The largest absolute Gasteiger partial charge is 0.311 e. The zero-order valence-corrected chi connectivity index (χ0v) is 14.0. The fourth-order valence-electron chi connectivity index (χ4n) is 3.51. The minimum absolute atomic E-state index is 0.0158. The van der Waals surface area contributed by atoms with Crippen molar-refractivity contribution in [3.8, 4) is 0 Å². The number of nitrogens with one attached hydrogen (secondary N) is 2. The molecule has 1 saturated heterocycles. The summed E-state index contributed by atoms with van der Waals surface area (Å²) in [7, 11) is -3.41. The van der Waals surface area contributed by atoms with Gasteiger partial charge in [-0.05, 0) is 30.5 Å². The van der Waals surface area contributed by atoms with Gasteiger partial charge in [0.15, 0.2) is 0 Å². The van der Waals surface area contributed by atoms with Gasteiger partial charge in [0.05, 0.1) is 11.8 Å². The van der Waals surface area contributed by atoms with E-state index in [1.807, 2.05) is 60.7 Å². The summed E-state index contributed by atoms with van der Waals surface area (Å²) in [5, 5.41) is 3.49. The molecule has 122 valence electrons. The van der Waals surface area contributed by atoms with Gasteiger partial charge in [-0.15, -0.1) is 0 Å². The Kier molecular flexibility index (Phi) is 4.53. The Morgan fingerprint density at radius 2 is 1.52 bits per heavy atom. The first kappa shape index (κ1) is 16.2. The van der Waals surface area contributed by atoms with Crippen LogP contribution in [0.5, 0.6) is 0 Å². The first-order chi connectivity index (χ1) is 11.0. The van der Waals surface area contributed by atoms with Crippen LogP contribution in [-0.2, 0) is 15.6 Å². The quantitative estimate of drug-likeness (QED) is 0.884. The molecular weight excluding hydrogens is 308 g/mol. The summed E-state index contributed by atoms with van der Waals surface area (Å²) in [5.41, 5.74) is 1.11. The first-order valence-electron chi connectivity index (χ1n) is 7.86. The predicted molar refractivity (Wildman–Crippen MR) is 92.7 cm³/mol. The van der Waals surface area contributed by atoms with Crippen LogP contribution in [0, 0.1) is 0 Å². The van der Waals surface area contributed by atoms with Crippen molar-refractivity contribution in [2.75, 3.05) is 12.8 Å². The number of sulfonamides is 1. The predicted octanol–water partition coefficient (Wildman–Crippen LogP) is 2.23. The molecule has 1 aliphatic rings. The third-order valence-corrected chi connectivity index (χ3v) is 5.08. The molecule has 23 heavy (non-hydrogen) atoms. The van der Waals surface area contributed by atoms with Crippen LogP contribution in [0.15, 0.2) is 60.7 Å². The van der Waals surface area contributed by atoms with Gasteiger partial charge >= 0.3 is 0 Å². The zero-order chi connectivity index (χ0) is 16.3. The Morgan fingerprint density at radius 1 is 1.00 bits per heavy atom. The summed E-state index contributed by atoms with van der Waals surface area (Å²) in [6.07, 6.45) is 3.19. The molecule has 1 aliphatic heterocycles. The lowest BCUT2D eigenvalue weighted by Crippen LogP contribution is -2.57. The second-order valence-electron chi connectivity index (χ2n) is 6.06. The van der Waals surface area contributed by atoms with Crippen molar-refractivity contribution in [1.82, 2.24) is 10.0 Å². The molecule has 4 nitrogen and oxygen atoms in total. The van der Waals surface area contributed by atoms with Gasteiger partial charge in [0.1, 0.15) is 0 Å². The van der Waals surface area contributed by atoms with E-state index in [2.05, 4.69) is 10.0 Å². The third-order valence-electron chi connectivity index (χ3n) is 4.39. The molecule has 0 spiro atoms. The molecule has 1 heterocycles. The van der Waals surface area contributed by atoms with E-state index in [-0.39, 0.29) is 6.04 Å². The van der Waals surface area contributed by atoms with Crippen LogP contribution in [0.4, 0.5) is 0 Å². The number of benzene rings is 2. The average Bonchev–Trinajstić information content (AvgIpc) is 3.08. The number of hydrogen-bond acceptors (Lipinski definition) is 3. The minimum atomic E-state index is -3.41. The molecule has 3 rings (SSSR count). The molecule has 0 bridgehead atoms. The molecular formula is C18H22N2O2S. The summed E-state index contributed by atoms with van der Waals surface area (Å²) < 4.78 is 27.4. The monoisotopic (exact) mass is 330 g/mol. The Balaban J connectivity index is 2.24. The highest BCUT2D eigenvalue weighted by Crippen LogP contribution is 2.37. The lowest BCUT2D eigenvalue weighted by Gasteiger charge is -2.40. The molecule has 0 saturated carbocycles. The van der Waals surface area contributed by atoms with Crippen LogP contribution in [0.2, 0.25) is 0 Å². The standard InChI is InChI=1S/C18H22N2O2S/c1-23(21,22)20-18(17-13-8-14-19-17,15-9-4-2-5-10-15)16-11-6-3-7-12-16/h2-7,9-12,17,19-20H,8,13-14H2,1H3/t17-/m0/s1. The van der Waals surface area contributed by atoms with Crippen molar-refractivity contribution in [3.05, 3.63) is 71.8 Å². The van der Waals surface area contributed by atoms with Gasteiger partial charge in [-0.3, -0.25) is 0 Å². The summed E-state index contributed by atoms with van der Waals surface area (Å²) in [5.74, 6) is 0. The van der Waals surface area contributed by atoms with Crippen LogP contribution < -0.4 is 10.0 Å². The Labute approximate surface area is 138 Å². The van der Waals surface area contributed by atoms with Crippen molar-refractivity contribution in [2.45, 2.75) is 24.4 Å². The second kappa shape index (κ2) is 6.43. The molecule has 2 aromatic carbocycles. The minimum Gasteiger partial charge on any atom is -0.311 e. The molecule has 0 unspecified atom stereocenters. The number of hydrogen-bond donors (Lipinski definition) is 2. The van der Waals surface area contributed by atoms with E-state index in [4.69, 9.17) is 0 Å². The zero-order valence-electron chi connectivity index (χ0n) is 13.2. The van der Waals surface area contributed by atoms with Gasteiger partial charge in [0.2, 0.25) is 10.0 Å². The van der Waals surface area contributed by atoms with Crippen molar-refractivity contribution in [2.24, 2.45) is 0 Å². The van der Waals surface area contributed by atoms with E-state index in [0.717, 1.165) is 30.5 Å². The van der Waals surface area contributed by atoms with Crippen LogP contribution in [0.25, 0.3) is 0 Å². The fourth-order valence-corrected chi connectivity index (χ4v) is 4.47. The third kappa shape index (κ3) is 3.32. The Bertz CT molecular complexity index is 700. The highest BCUT2D eigenvalue weighted by atomic mass is 32.2. The van der Waals surface area contributed by atoms with E-state index >= 15 is 0 Å². The average molecular weight is 330 g/mol. The van der Waals surface area contributed by atoms with Gasteiger partial charge in [-0.25, -0.2) is 8.42 Å². The Morgan fingerprint density at radius 3 is 1.91 bits per heavy atom. The van der Waals surface area contributed by atoms with Gasteiger partial charge in [-0.1, -0.05) is 60.7 Å². The van der Waals surface area contributed by atoms with E-state index in [0.29, 0.717) is 0 Å². The molecule has 1 atom stereocenters. The van der Waals surface area contributed by atoms with Gasteiger partial charge in [0, 0.05) is 6.04 Å². The van der Waals surface area contributed by atoms with E-state index in [1.54, 1.807) is 0 Å². The molecule has 0 aliphatic carbocycles. The summed E-state index contributed by atoms with van der Waals surface area (Å²) in [6, 6.07) is 19.7. The van der Waals surface area contributed by atoms with Crippen LogP contribution >= 0.6 is 0 Å². The molecule has 5 heteroatoms. The van der Waals surface area contributed by atoms with Crippen molar-refractivity contribution >= 4 is 10.0 Å². The first-order valence-corrected chi connectivity index (χ1v) is 9.75. The molecule has 1 fully saturated rings. The normalized spacial score (nSPS) is 18.9.